The van der Waals surface area contributed by atoms with E-state index in [1.54, 1.807) is 17.6 Å². The van der Waals surface area contributed by atoms with Crippen molar-refractivity contribution in [2.24, 2.45) is 5.10 Å². The molecule has 4 rings (SSSR count). The van der Waals surface area contributed by atoms with Gasteiger partial charge in [-0.15, -0.1) is 0 Å². The SMILES string of the molecule is C(=N\Nc1nc2ccccc2s1)/c1ccc2c(c1)OCCO2. The molecule has 2 aromatic carbocycles. The maximum absolute atomic E-state index is 5.55. The van der Waals surface area contributed by atoms with Gasteiger partial charge in [-0.3, -0.25) is 5.43 Å². The topological polar surface area (TPSA) is 55.7 Å². The van der Waals surface area contributed by atoms with Crippen LogP contribution < -0.4 is 14.9 Å². The minimum Gasteiger partial charge on any atom is -0.486 e. The molecule has 1 aromatic heterocycles. The van der Waals surface area contributed by atoms with Crippen LogP contribution in [0, 0.1) is 0 Å². The zero-order valence-corrected chi connectivity index (χ0v) is 12.5. The fourth-order valence-corrected chi connectivity index (χ4v) is 3.04. The molecule has 0 aliphatic carbocycles. The van der Waals surface area contributed by atoms with Crippen molar-refractivity contribution in [1.82, 2.24) is 4.98 Å². The van der Waals surface area contributed by atoms with Crippen molar-refractivity contribution in [3.63, 3.8) is 0 Å². The van der Waals surface area contributed by atoms with E-state index in [0.29, 0.717) is 13.2 Å². The van der Waals surface area contributed by atoms with Crippen molar-refractivity contribution >= 4 is 32.9 Å². The number of aromatic nitrogens is 1. The van der Waals surface area contributed by atoms with Gasteiger partial charge in [0.25, 0.3) is 0 Å². The summed E-state index contributed by atoms with van der Waals surface area (Å²) in [4.78, 5) is 4.46. The zero-order chi connectivity index (χ0) is 14.8. The molecule has 5 nitrogen and oxygen atoms in total. The highest BCUT2D eigenvalue weighted by molar-refractivity contribution is 7.22. The number of nitrogens with zero attached hydrogens (tertiary/aromatic N) is 2. The molecule has 22 heavy (non-hydrogen) atoms. The van der Waals surface area contributed by atoms with E-state index in [-0.39, 0.29) is 0 Å². The second kappa shape index (κ2) is 5.65. The second-order valence-electron chi connectivity index (χ2n) is 4.76. The van der Waals surface area contributed by atoms with E-state index in [9.17, 15) is 0 Å². The van der Waals surface area contributed by atoms with Gasteiger partial charge in [-0.1, -0.05) is 23.5 Å². The van der Waals surface area contributed by atoms with Gasteiger partial charge in [0.05, 0.1) is 16.4 Å². The number of rotatable bonds is 3. The van der Waals surface area contributed by atoms with Crippen molar-refractivity contribution in [3.05, 3.63) is 48.0 Å². The summed E-state index contributed by atoms with van der Waals surface area (Å²) in [5.74, 6) is 1.54. The maximum Gasteiger partial charge on any atom is 0.204 e. The first kappa shape index (κ1) is 13.1. The number of anilines is 1. The van der Waals surface area contributed by atoms with Gasteiger partial charge in [-0.05, 0) is 35.9 Å². The minimum absolute atomic E-state index is 0.581. The predicted molar refractivity (Wildman–Crippen MR) is 88.3 cm³/mol. The average Bonchev–Trinajstić information content (AvgIpc) is 2.97. The maximum atomic E-state index is 5.55. The van der Waals surface area contributed by atoms with E-state index in [2.05, 4.69) is 15.5 Å². The van der Waals surface area contributed by atoms with Crippen LogP contribution in [0.5, 0.6) is 11.5 Å². The molecule has 0 unspecified atom stereocenters. The molecule has 6 heteroatoms. The van der Waals surface area contributed by atoms with Crippen LogP contribution in [-0.4, -0.2) is 24.4 Å². The number of thiazole rings is 1. The van der Waals surface area contributed by atoms with Gasteiger partial charge in [-0.2, -0.15) is 5.10 Å². The van der Waals surface area contributed by atoms with Crippen LogP contribution in [0.25, 0.3) is 10.2 Å². The number of hydrazone groups is 1. The molecule has 0 radical (unpaired) electrons. The van der Waals surface area contributed by atoms with Crippen LogP contribution in [0.4, 0.5) is 5.13 Å². The lowest BCUT2D eigenvalue weighted by molar-refractivity contribution is 0.171. The van der Waals surface area contributed by atoms with Crippen LogP contribution in [0.3, 0.4) is 0 Å². The Labute approximate surface area is 131 Å². The number of fused-ring (bicyclic) bond motifs is 2. The van der Waals surface area contributed by atoms with E-state index in [1.807, 2.05) is 42.5 Å². The first-order valence-electron chi connectivity index (χ1n) is 6.93. The van der Waals surface area contributed by atoms with Crippen molar-refractivity contribution in [1.29, 1.82) is 0 Å². The summed E-state index contributed by atoms with van der Waals surface area (Å²) in [7, 11) is 0. The molecule has 1 aliphatic heterocycles. The minimum atomic E-state index is 0.581. The molecule has 0 spiro atoms. The summed E-state index contributed by atoms with van der Waals surface area (Å²) in [6.07, 6.45) is 1.74. The van der Waals surface area contributed by atoms with Crippen LogP contribution in [0.15, 0.2) is 47.6 Å². The van der Waals surface area contributed by atoms with Gasteiger partial charge < -0.3 is 9.47 Å². The summed E-state index contributed by atoms with van der Waals surface area (Å²) in [6, 6.07) is 13.8. The number of ether oxygens (including phenoxy) is 2. The lowest BCUT2D eigenvalue weighted by atomic mass is 10.2. The summed E-state index contributed by atoms with van der Waals surface area (Å²) >= 11 is 1.57. The predicted octanol–water partition coefficient (Wildman–Crippen LogP) is 3.51. The first-order chi connectivity index (χ1) is 10.9. The van der Waals surface area contributed by atoms with Gasteiger partial charge in [-0.25, -0.2) is 4.98 Å². The standard InChI is InChI=1S/C16H13N3O2S/c1-2-4-15-12(3-1)18-16(22-15)19-17-10-11-5-6-13-14(9-11)21-8-7-20-13/h1-6,9-10H,7-8H2,(H,18,19)/b17-10+. The molecule has 1 N–H and O–H groups in total. The Morgan fingerprint density at radius 2 is 1.95 bits per heavy atom. The molecule has 0 amide bonds. The van der Waals surface area contributed by atoms with Gasteiger partial charge in [0, 0.05) is 0 Å². The number of hydrogen-bond acceptors (Lipinski definition) is 6. The lowest BCUT2D eigenvalue weighted by Crippen LogP contribution is -2.15. The third-order valence-electron chi connectivity index (χ3n) is 3.23. The van der Waals surface area contributed by atoms with Crippen LogP contribution >= 0.6 is 11.3 Å². The van der Waals surface area contributed by atoms with Crippen LogP contribution in [0.1, 0.15) is 5.56 Å². The molecule has 0 fully saturated rings. The number of hydrogen-bond donors (Lipinski definition) is 1. The highest BCUT2D eigenvalue weighted by Crippen LogP contribution is 2.30. The Kier molecular flexibility index (Phi) is 3.36. The second-order valence-corrected chi connectivity index (χ2v) is 5.79. The molecule has 1 aliphatic rings. The summed E-state index contributed by atoms with van der Waals surface area (Å²) in [5, 5.41) is 5.01. The van der Waals surface area contributed by atoms with E-state index in [0.717, 1.165) is 32.4 Å². The number of benzene rings is 2. The van der Waals surface area contributed by atoms with Gasteiger partial charge >= 0.3 is 0 Å². The Morgan fingerprint density at radius 3 is 2.86 bits per heavy atom. The van der Waals surface area contributed by atoms with Crippen molar-refractivity contribution in [2.75, 3.05) is 18.6 Å². The fraction of sp³-hybridized carbons (Fsp3) is 0.125. The van der Waals surface area contributed by atoms with Gasteiger partial charge in [0.2, 0.25) is 5.13 Å². The molecule has 2 heterocycles. The monoisotopic (exact) mass is 311 g/mol. The fourth-order valence-electron chi connectivity index (χ4n) is 2.22. The van der Waals surface area contributed by atoms with E-state index >= 15 is 0 Å². The highest BCUT2D eigenvalue weighted by Gasteiger charge is 2.10. The number of nitrogens with one attached hydrogen (secondary N) is 1. The molecular weight excluding hydrogens is 298 g/mol. The average molecular weight is 311 g/mol. The molecule has 0 bridgehead atoms. The van der Waals surface area contributed by atoms with Crippen LogP contribution in [-0.2, 0) is 0 Å². The summed E-state index contributed by atoms with van der Waals surface area (Å²) in [5.41, 5.74) is 4.89. The van der Waals surface area contributed by atoms with Crippen molar-refractivity contribution in [2.45, 2.75) is 0 Å². The highest BCUT2D eigenvalue weighted by atomic mass is 32.1. The quantitative estimate of drug-likeness (QED) is 0.594. The molecule has 0 saturated heterocycles. The number of para-hydroxylation sites is 1. The smallest absolute Gasteiger partial charge is 0.204 e. The Hall–Kier alpha value is -2.60. The molecule has 110 valence electrons. The van der Waals surface area contributed by atoms with E-state index in [4.69, 9.17) is 9.47 Å². The lowest BCUT2D eigenvalue weighted by Gasteiger charge is -2.18. The van der Waals surface area contributed by atoms with E-state index < -0.39 is 0 Å². The van der Waals surface area contributed by atoms with Crippen molar-refractivity contribution < 1.29 is 9.47 Å². The molecule has 0 saturated carbocycles. The van der Waals surface area contributed by atoms with Crippen LogP contribution in [0.2, 0.25) is 0 Å². The summed E-state index contributed by atoms with van der Waals surface area (Å²) < 4.78 is 12.2. The Balaban J connectivity index is 1.49. The third kappa shape index (κ3) is 2.60. The van der Waals surface area contributed by atoms with Gasteiger partial charge in [0.15, 0.2) is 11.5 Å². The van der Waals surface area contributed by atoms with Crippen molar-refractivity contribution in [3.8, 4) is 11.5 Å². The molecular formula is C16H13N3O2S. The first-order valence-corrected chi connectivity index (χ1v) is 7.74. The van der Waals surface area contributed by atoms with E-state index in [1.165, 1.54) is 0 Å². The largest absolute Gasteiger partial charge is 0.486 e. The third-order valence-corrected chi connectivity index (χ3v) is 4.17. The summed E-state index contributed by atoms with van der Waals surface area (Å²) in [6.45, 7) is 1.18. The zero-order valence-electron chi connectivity index (χ0n) is 11.7. The Morgan fingerprint density at radius 1 is 1.09 bits per heavy atom. The normalized spacial score (nSPS) is 13.6. The Bertz CT molecular complexity index is 811. The molecule has 0 atom stereocenters. The van der Waals surface area contributed by atoms with Gasteiger partial charge in [0.1, 0.15) is 13.2 Å². The molecule has 3 aromatic rings.